The Labute approximate surface area is 154 Å². The molecule has 0 fully saturated rings. The first kappa shape index (κ1) is 18.2. The molecule has 6 nitrogen and oxygen atoms in total. The van der Waals surface area contributed by atoms with Crippen LogP contribution >= 0.6 is 0 Å². The molecular weight excluding hydrogens is 326 g/mol. The van der Waals surface area contributed by atoms with Crippen molar-refractivity contribution >= 4 is 16.9 Å². The van der Waals surface area contributed by atoms with E-state index in [2.05, 4.69) is 45.8 Å². The van der Waals surface area contributed by atoms with Gasteiger partial charge in [0.1, 0.15) is 5.82 Å². The van der Waals surface area contributed by atoms with E-state index in [4.69, 9.17) is 0 Å². The lowest BCUT2D eigenvalue weighted by Crippen LogP contribution is -2.23. The first-order chi connectivity index (χ1) is 12.4. The number of imidazole rings is 1. The average Bonchev–Trinajstić information content (AvgIpc) is 3.12. The quantitative estimate of drug-likeness (QED) is 0.684. The summed E-state index contributed by atoms with van der Waals surface area (Å²) in [6.45, 7) is 9.79. The van der Waals surface area contributed by atoms with Crippen LogP contribution in [0.15, 0.2) is 24.3 Å². The topological polar surface area (TPSA) is 75.6 Å². The average molecular weight is 353 g/mol. The van der Waals surface area contributed by atoms with E-state index in [1.807, 2.05) is 31.2 Å². The number of hydrogen-bond acceptors (Lipinski definition) is 3. The number of nitrogens with one attached hydrogen (secondary N) is 2. The zero-order valence-electron chi connectivity index (χ0n) is 16.0. The number of hydrogen-bond donors (Lipinski definition) is 2. The van der Waals surface area contributed by atoms with Gasteiger partial charge in [0.15, 0.2) is 0 Å². The van der Waals surface area contributed by atoms with E-state index >= 15 is 0 Å². The highest BCUT2D eigenvalue weighted by molar-refractivity contribution is 5.77. The van der Waals surface area contributed by atoms with E-state index in [0.717, 1.165) is 29.1 Å². The van der Waals surface area contributed by atoms with Crippen LogP contribution in [-0.4, -0.2) is 25.7 Å². The van der Waals surface area contributed by atoms with Crippen molar-refractivity contribution in [3.05, 3.63) is 47.0 Å². The van der Waals surface area contributed by atoms with E-state index < -0.39 is 0 Å². The number of benzene rings is 1. The first-order valence-corrected chi connectivity index (χ1v) is 9.17. The van der Waals surface area contributed by atoms with E-state index in [1.165, 1.54) is 11.3 Å². The molecule has 0 saturated carbocycles. The van der Waals surface area contributed by atoms with Gasteiger partial charge in [-0.05, 0) is 43.9 Å². The van der Waals surface area contributed by atoms with Crippen molar-refractivity contribution in [3.63, 3.8) is 0 Å². The number of aryl methyl sites for hydroxylation is 1. The van der Waals surface area contributed by atoms with Gasteiger partial charge in [-0.1, -0.05) is 26.0 Å². The predicted octanol–water partition coefficient (Wildman–Crippen LogP) is 3.28. The van der Waals surface area contributed by atoms with Crippen LogP contribution in [0.4, 0.5) is 0 Å². The van der Waals surface area contributed by atoms with Gasteiger partial charge in [0.05, 0.1) is 23.3 Å². The van der Waals surface area contributed by atoms with Crippen LogP contribution < -0.4 is 5.32 Å². The van der Waals surface area contributed by atoms with Crippen LogP contribution in [-0.2, 0) is 24.3 Å². The predicted molar refractivity (Wildman–Crippen MR) is 103 cm³/mol. The molecule has 3 rings (SSSR count). The zero-order chi connectivity index (χ0) is 18.7. The molecule has 2 aromatic heterocycles. The highest BCUT2D eigenvalue weighted by Gasteiger charge is 2.14. The van der Waals surface area contributed by atoms with Crippen molar-refractivity contribution in [1.29, 1.82) is 0 Å². The van der Waals surface area contributed by atoms with Crippen LogP contribution in [0.3, 0.4) is 0 Å². The van der Waals surface area contributed by atoms with Crippen molar-refractivity contribution in [3.8, 4) is 0 Å². The number of rotatable bonds is 7. The second-order valence-corrected chi connectivity index (χ2v) is 7.20. The fourth-order valence-electron chi connectivity index (χ4n) is 3.22. The molecule has 3 aromatic rings. The molecule has 0 aliphatic carbocycles. The minimum absolute atomic E-state index is 0.0286. The maximum absolute atomic E-state index is 12.2. The number of amides is 1. The molecule has 0 bridgehead atoms. The van der Waals surface area contributed by atoms with Crippen molar-refractivity contribution in [1.82, 2.24) is 25.1 Å². The maximum atomic E-state index is 12.2. The number of carbonyl (C=O) groups excluding carboxylic acids is 1. The minimum atomic E-state index is 0.0286. The number of H-pyrrole nitrogens is 1. The Hall–Kier alpha value is -2.63. The summed E-state index contributed by atoms with van der Waals surface area (Å²) in [4.78, 5) is 19.9. The molecule has 0 aliphatic rings. The van der Waals surface area contributed by atoms with Gasteiger partial charge in [-0.3, -0.25) is 9.48 Å². The van der Waals surface area contributed by atoms with Gasteiger partial charge in [0, 0.05) is 18.7 Å². The number of aromatic nitrogens is 4. The molecule has 1 amide bonds. The molecule has 0 atom stereocenters. The fourth-order valence-corrected chi connectivity index (χ4v) is 3.22. The third kappa shape index (κ3) is 4.12. The van der Waals surface area contributed by atoms with E-state index in [0.29, 0.717) is 25.3 Å². The molecule has 0 radical (unpaired) electrons. The van der Waals surface area contributed by atoms with Gasteiger partial charge in [-0.15, -0.1) is 0 Å². The highest BCUT2D eigenvalue weighted by atomic mass is 16.1. The molecule has 0 unspecified atom stereocenters. The van der Waals surface area contributed by atoms with E-state index in [1.54, 1.807) is 0 Å². The summed E-state index contributed by atoms with van der Waals surface area (Å²) in [5.41, 5.74) is 5.28. The van der Waals surface area contributed by atoms with Crippen LogP contribution in [0.25, 0.3) is 11.0 Å². The number of aromatic amines is 1. The molecule has 26 heavy (non-hydrogen) atoms. The summed E-state index contributed by atoms with van der Waals surface area (Å²) in [6.07, 6.45) is 1.16. The Bertz CT molecular complexity index is 873. The summed E-state index contributed by atoms with van der Waals surface area (Å²) in [6, 6.07) is 7.86. The Morgan fingerprint density at radius 2 is 2.04 bits per heavy atom. The van der Waals surface area contributed by atoms with Crippen LogP contribution in [0.5, 0.6) is 0 Å². The molecule has 6 heteroatoms. The molecule has 138 valence electrons. The molecule has 0 aliphatic heterocycles. The largest absolute Gasteiger partial charge is 0.349 e. The van der Waals surface area contributed by atoms with E-state index in [-0.39, 0.29) is 5.91 Å². The van der Waals surface area contributed by atoms with Crippen LogP contribution in [0, 0.1) is 19.8 Å². The number of fused-ring (bicyclic) bond motifs is 1. The summed E-state index contributed by atoms with van der Waals surface area (Å²) in [5, 5.41) is 7.56. The normalized spacial score (nSPS) is 11.4. The highest BCUT2D eigenvalue weighted by Crippen LogP contribution is 2.16. The van der Waals surface area contributed by atoms with Gasteiger partial charge in [-0.2, -0.15) is 5.10 Å². The van der Waals surface area contributed by atoms with Gasteiger partial charge in [0.2, 0.25) is 5.91 Å². The molecular formula is C20H27N5O. The SMILES string of the molecule is Cc1nn(CC(C)C)c(C)c1CCC(=O)NCc1nc2ccccc2[nH]1. The van der Waals surface area contributed by atoms with Crippen LogP contribution in [0.2, 0.25) is 0 Å². The summed E-state index contributed by atoms with van der Waals surface area (Å²) in [7, 11) is 0. The maximum Gasteiger partial charge on any atom is 0.220 e. The lowest BCUT2D eigenvalue weighted by molar-refractivity contribution is -0.121. The Morgan fingerprint density at radius 3 is 2.77 bits per heavy atom. The standard InChI is InChI=1S/C20H27N5O/c1-13(2)12-25-15(4)16(14(3)24-25)9-10-20(26)21-11-19-22-17-7-5-6-8-18(17)23-19/h5-8,13H,9-12H2,1-4H3,(H,21,26)(H,22,23). The zero-order valence-corrected chi connectivity index (χ0v) is 16.0. The molecule has 1 aromatic carbocycles. The number of para-hydroxylation sites is 2. The molecule has 2 N–H and O–H groups in total. The molecule has 0 saturated heterocycles. The summed E-state index contributed by atoms with van der Waals surface area (Å²) >= 11 is 0. The Morgan fingerprint density at radius 1 is 1.27 bits per heavy atom. The van der Waals surface area contributed by atoms with Gasteiger partial charge in [0.25, 0.3) is 0 Å². The van der Waals surface area contributed by atoms with Crippen molar-refractivity contribution in [2.75, 3.05) is 0 Å². The summed E-state index contributed by atoms with van der Waals surface area (Å²) < 4.78 is 2.06. The van der Waals surface area contributed by atoms with Crippen LogP contribution in [0.1, 0.15) is 43.0 Å². The lowest BCUT2D eigenvalue weighted by Gasteiger charge is -2.08. The molecule has 2 heterocycles. The Kier molecular flexibility index (Phi) is 5.40. The second kappa shape index (κ2) is 7.72. The first-order valence-electron chi connectivity index (χ1n) is 9.17. The summed E-state index contributed by atoms with van der Waals surface area (Å²) in [5.74, 6) is 1.35. The Balaban J connectivity index is 1.55. The van der Waals surface area contributed by atoms with Crippen molar-refractivity contribution < 1.29 is 4.79 Å². The smallest absolute Gasteiger partial charge is 0.220 e. The van der Waals surface area contributed by atoms with Gasteiger partial charge >= 0.3 is 0 Å². The van der Waals surface area contributed by atoms with E-state index in [9.17, 15) is 4.79 Å². The van der Waals surface area contributed by atoms with Gasteiger partial charge in [-0.25, -0.2) is 4.98 Å². The number of nitrogens with zero attached hydrogens (tertiary/aromatic N) is 3. The van der Waals surface area contributed by atoms with Crippen molar-refractivity contribution in [2.24, 2.45) is 5.92 Å². The van der Waals surface area contributed by atoms with Crippen molar-refractivity contribution in [2.45, 2.75) is 53.6 Å². The lowest BCUT2D eigenvalue weighted by atomic mass is 10.1. The fraction of sp³-hybridized carbons (Fsp3) is 0.450. The van der Waals surface area contributed by atoms with Gasteiger partial charge < -0.3 is 10.3 Å². The molecule has 0 spiro atoms. The minimum Gasteiger partial charge on any atom is -0.349 e. The number of carbonyl (C=O) groups is 1. The second-order valence-electron chi connectivity index (χ2n) is 7.20. The monoisotopic (exact) mass is 353 g/mol. The third-order valence-electron chi connectivity index (χ3n) is 4.56. The third-order valence-corrected chi connectivity index (χ3v) is 4.56.